The molecule has 0 spiro atoms. The Balaban J connectivity index is 1.81. The van der Waals surface area contributed by atoms with E-state index in [0.717, 1.165) is 22.8 Å². The monoisotopic (exact) mass is 395 g/mol. The van der Waals surface area contributed by atoms with Crippen molar-refractivity contribution in [3.8, 4) is 5.75 Å². The van der Waals surface area contributed by atoms with E-state index in [1.807, 2.05) is 19.1 Å². The van der Waals surface area contributed by atoms with Gasteiger partial charge in [0, 0.05) is 11.0 Å². The highest BCUT2D eigenvalue weighted by molar-refractivity contribution is 8.00. The number of hydrogen-bond acceptors (Lipinski definition) is 5. The molecule has 144 valence electrons. The number of carbonyl (C=O) groups is 2. The van der Waals surface area contributed by atoms with Crippen LogP contribution in [0.3, 0.4) is 0 Å². The van der Waals surface area contributed by atoms with Gasteiger partial charge in [-0.3, -0.25) is 9.59 Å². The SMILES string of the molecule is CCOc1ccc(SCC(=O)O[C@@H](C)C(=O)Nc2ccc(F)cc2F)cc1. The van der Waals surface area contributed by atoms with Gasteiger partial charge in [0.15, 0.2) is 6.10 Å². The van der Waals surface area contributed by atoms with E-state index in [-0.39, 0.29) is 11.4 Å². The van der Waals surface area contributed by atoms with Crippen LogP contribution in [0.1, 0.15) is 13.8 Å². The second-order valence-electron chi connectivity index (χ2n) is 5.44. The van der Waals surface area contributed by atoms with E-state index in [0.29, 0.717) is 12.7 Å². The number of amides is 1. The Morgan fingerprint density at radius 2 is 1.85 bits per heavy atom. The Morgan fingerprint density at radius 1 is 1.15 bits per heavy atom. The Labute approximate surface area is 160 Å². The van der Waals surface area contributed by atoms with E-state index < -0.39 is 29.6 Å². The molecule has 0 aliphatic rings. The summed E-state index contributed by atoms with van der Waals surface area (Å²) in [6.45, 7) is 3.83. The third kappa shape index (κ3) is 6.56. The van der Waals surface area contributed by atoms with E-state index in [2.05, 4.69) is 5.32 Å². The predicted octanol–water partition coefficient (Wildman–Crippen LogP) is 4.03. The van der Waals surface area contributed by atoms with Crippen molar-refractivity contribution in [2.45, 2.75) is 24.8 Å². The first-order valence-corrected chi connectivity index (χ1v) is 9.18. The van der Waals surface area contributed by atoms with E-state index in [1.54, 1.807) is 12.1 Å². The van der Waals surface area contributed by atoms with Crippen molar-refractivity contribution in [2.24, 2.45) is 0 Å². The van der Waals surface area contributed by atoms with Crippen LogP contribution in [-0.2, 0) is 14.3 Å². The molecule has 2 aromatic carbocycles. The summed E-state index contributed by atoms with van der Waals surface area (Å²) >= 11 is 1.25. The maximum absolute atomic E-state index is 13.5. The van der Waals surface area contributed by atoms with Gasteiger partial charge in [-0.25, -0.2) is 8.78 Å². The van der Waals surface area contributed by atoms with Gasteiger partial charge in [0.25, 0.3) is 5.91 Å². The summed E-state index contributed by atoms with van der Waals surface area (Å²) in [6.07, 6.45) is -1.12. The van der Waals surface area contributed by atoms with Crippen LogP contribution in [0.15, 0.2) is 47.4 Å². The summed E-state index contributed by atoms with van der Waals surface area (Å²) < 4.78 is 36.8. The van der Waals surface area contributed by atoms with E-state index >= 15 is 0 Å². The number of benzene rings is 2. The molecule has 0 bridgehead atoms. The number of nitrogens with one attached hydrogen (secondary N) is 1. The van der Waals surface area contributed by atoms with Crippen LogP contribution in [0.4, 0.5) is 14.5 Å². The minimum Gasteiger partial charge on any atom is -0.494 e. The summed E-state index contributed by atoms with van der Waals surface area (Å²) in [5.74, 6) is -2.21. The molecule has 27 heavy (non-hydrogen) atoms. The lowest BCUT2D eigenvalue weighted by Gasteiger charge is -2.14. The van der Waals surface area contributed by atoms with Gasteiger partial charge >= 0.3 is 5.97 Å². The Bertz CT molecular complexity index is 799. The Kier molecular flexibility index (Phi) is 7.60. The number of halogens is 2. The van der Waals surface area contributed by atoms with Crippen LogP contribution in [0, 0.1) is 11.6 Å². The molecule has 0 radical (unpaired) electrons. The first kappa shape index (κ1) is 20.7. The molecular weight excluding hydrogens is 376 g/mol. The molecule has 0 unspecified atom stereocenters. The van der Waals surface area contributed by atoms with Crippen molar-refractivity contribution < 1.29 is 27.8 Å². The van der Waals surface area contributed by atoms with Crippen molar-refractivity contribution in [1.82, 2.24) is 0 Å². The maximum Gasteiger partial charge on any atom is 0.317 e. The molecule has 1 atom stereocenters. The number of thioether (sulfide) groups is 1. The zero-order valence-corrected chi connectivity index (χ0v) is 15.6. The average molecular weight is 395 g/mol. The molecule has 8 heteroatoms. The molecule has 1 amide bonds. The summed E-state index contributed by atoms with van der Waals surface area (Å²) in [5.41, 5.74) is -0.187. The lowest BCUT2D eigenvalue weighted by atomic mass is 10.2. The van der Waals surface area contributed by atoms with Crippen LogP contribution < -0.4 is 10.1 Å². The fraction of sp³-hybridized carbons (Fsp3) is 0.263. The summed E-state index contributed by atoms with van der Waals surface area (Å²) in [7, 11) is 0. The molecule has 1 N–H and O–H groups in total. The second kappa shape index (κ2) is 9.91. The van der Waals surface area contributed by atoms with Crippen molar-refractivity contribution in [2.75, 3.05) is 17.7 Å². The molecule has 2 rings (SSSR count). The van der Waals surface area contributed by atoms with E-state index in [4.69, 9.17) is 9.47 Å². The maximum atomic E-state index is 13.5. The van der Waals surface area contributed by atoms with Crippen molar-refractivity contribution in [3.05, 3.63) is 54.1 Å². The molecule has 0 aromatic heterocycles. The molecule has 0 fully saturated rings. The number of hydrogen-bond donors (Lipinski definition) is 1. The molecule has 2 aromatic rings. The zero-order valence-electron chi connectivity index (χ0n) is 14.8. The highest BCUT2D eigenvalue weighted by atomic mass is 32.2. The summed E-state index contributed by atoms with van der Waals surface area (Å²) in [6, 6.07) is 9.99. The van der Waals surface area contributed by atoms with Crippen molar-refractivity contribution >= 4 is 29.3 Å². The zero-order chi connectivity index (χ0) is 19.8. The highest BCUT2D eigenvalue weighted by Crippen LogP contribution is 2.22. The van der Waals surface area contributed by atoms with Gasteiger partial charge in [0.05, 0.1) is 18.0 Å². The lowest BCUT2D eigenvalue weighted by molar-refractivity contribution is -0.150. The lowest BCUT2D eigenvalue weighted by Crippen LogP contribution is -2.30. The third-order valence-corrected chi connectivity index (χ3v) is 4.34. The van der Waals surface area contributed by atoms with E-state index in [9.17, 15) is 18.4 Å². The fourth-order valence-corrected chi connectivity index (χ4v) is 2.73. The molecular formula is C19H19F2NO4S. The predicted molar refractivity (Wildman–Crippen MR) is 98.9 cm³/mol. The first-order valence-electron chi connectivity index (χ1n) is 8.20. The van der Waals surface area contributed by atoms with Gasteiger partial charge in [-0.1, -0.05) is 0 Å². The van der Waals surface area contributed by atoms with Crippen molar-refractivity contribution in [3.63, 3.8) is 0 Å². The van der Waals surface area contributed by atoms with E-state index in [1.165, 1.54) is 18.7 Å². The second-order valence-corrected chi connectivity index (χ2v) is 6.49. The van der Waals surface area contributed by atoms with Gasteiger partial charge in [-0.05, 0) is 50.2 Å². The fourth-order valence-electron chi connectivity index (χ4n) is 2.05. The molecule has 0 heterocycles. The molecule has 5 nitrogen and oxygen atoms in total. The molecule has 0 saturated carbocycles. The number of rotatable bonds is 8. The quantitative estimate of drug-likeness (QED) is 0.540. The standard InChI is InChI=1S/C19H19F2NO4S/c1-3-25-14-5-7-15(8-6-14)27-11-18(23)26-12(2)19(24)22-17-9-4-13(20)10-16(17)21/h4-10,12H,3,11H2,1-2H3,(H,22,24)/t12-/m0/s1. The molecule has 0 aliphatic heterocycles. The van der Waals surface area contributed by atoms with Crippen LogP contribution in [0.5, 0.6) is 5.75 Å². The summed E-state index contributed by atoms with van der Waals surface area (Å²) in [4.78, 5) is 24.7. The topological polar surface area (TPSA) is 64.6 Å². The van der Waals surface area contributed by atoms with Crippen molar-refractivity contribution in [1.29, 1.82) is 0 Å². The average Bonchev–Trinajstić information content (AvgIpc) is 2.63. The first-order chi connectivity index (χ1) is 12.9. The van der Waals surface area contributed by atoms with Gasteiger partial charge in [0.2, 0.25) is 0 Å². The van der Waals surface area contributed by atoms with Gasteiger partial charge < -0.3 is 14.8 Å². The third-order valence-electron chi connectivity index (χ3n) is 3.36. The van der Waals surface area contributed by atoms with Crippen LogP contribution >= 0.6 is 11.8 Å². The smallest absolute Gasteiger partial charge is 0.317 e. The minimum absolute atomic E-state index is 0.0104. The highest BCUT2D eigenvalue weighted by Gasteiger charge is 2.19. The minimum atomic E-state index is -1.12. The van der Waals surface area contributed by atoms with Crippen LogP contribution in [0.25, 0.3) is 0 Å². The number of ether oxygens (including phenoxy) is 2. The molecule has 0 saturated heterocycles. The van der Waals surface area contributed by atoms with Gasteiger partial charge in [-0.2, -0.15) is 0 Å². The normalized spacial score (nSPS) is 11.6. The van der Waals surface area contributed by atoms with Crippen LogP contribution in [0.2, 0.25) is 0 Å². The van der Waals surface area contributed by atoms with Crippen LogP contribution in [-0.4, -0.2) is 30.3 Å². The Morgan fingerprint density at radius 3 is 2.48 bits per heavy atom. The number of esters is 1. The largest absolute Gasteiger partial charge is 0.494 e. The summed E-state index contributed by atoms with van der Waals surface area (Å²) in [5, 5.41) is 2.26. The number of carbonyl (C=O) groups excluding carboxylic acids is 2. The van der Waals surface area contributed by atoms with Gasteiger partial charge in [-0.15, -0.1) is 11.8 Å². The molecule has 0 aliphatic carbocycles. The number of anilines is 1. The van der Waals surface area contributed by atoms with Gasteiger partial charge in [0.1, 0.15) is 17.4 Å². The Hall–Kier alpha value is -2.61.